The van der Waals surface area contributed by atoms with Gasteiger partial charge in [0.1, 0.15) is 11.5 Å². The number of pyridine rings is 3. The summed E-state index contributed by atoms with van der Waals surface area (Å²) in [6.45, 7) is 8.46. The average molecular weight is 504 g/mol. The number of nitrogens with one attached hydrogen (secondary N) is 3. The molecule has 0 aliphatic heterocycles. The summed E-state index contributed by atoms with van der Waals surface area (Å²) in [5.74, 6) is 0.239. The van der Waals surface area contributed by atoms with Gasteiger partial charge < -0.3 is 10.3 Å². The third-order valence-electron chi connectivity index (χ3n) is 6.38. The van der Waals surface area contributed by atoms with E-state index in [-0.39, 0.29) is 5.82 Å². The zero-order chi connectivity index (χ0) is 26.2. The molecule has 0 saturated heterocycles. The Hall–Kier alpha value is -4.85. The molecule has 0 saturated carbocycles. The molecular weight excluding hydrogens is 477 g/mol. The number of nitrogens with zero attached hydrogens (tertiary/aromatic N) is 4. The van der Waals surface area contributed by atoms with Gasteiger partial charge in [0.15, 0.2) is 5.65 Å². The summed E-state index contributed by atoms with van der Waals surface area (Å²) in [6, 6.07) is 14.4. The van der Waals surface area contributed by atoms with Crippen molar-refractivity contribution < 1.29 is 4.39 Å². The van der Waals surface area contributed by atoms with Crippen LogP contribution in [0, 0.1) is 11.7 Å². The Kier molecular flexibility index (Phi) is 5.92. The molecule has 1 aromatic carbocycles. The van der Waals surface area contributed by atoms with E-state index in [2.05, 4.69) is 61.9 Å². The van der Waals surface area contributed by atoms with E-state index in [0.29, 0.717) is 11.6 Å². The molecule has 0 atom stereocenters. The first-order valence-electron chi connectivity index (χ1n) is 12.4. The molecule has 5 heterocycles. The predicted octanol–water partition coefficient (Wildman–Crippen LogP) is 7.34. The zero-order valence-electron chi connectivity index (χ0n) is 21.1. The van der Waals surface area contributed by atoms with Crippen LogP contribution in [0.25, 0.3) is 55.7 Å². The minimum Gasteiger partial charge on any atom is -0.358 e. The lowest BCUT2D eigenvalue weighted by Crippen LogP contribution is -2.02. The van der Waals surface area contributed by atoms with Crippen LogP contribution in [-0.2, 0) is 0 Å². The van der Waals surface area contributed by atoms with Gasteiger partial charge in [-0.25, -0.2) is 9.37 Å². The van der Waals surface area contributed by atoms with E-state index >= 15 is 0 Å². The highest BCUT2D eigenvalue weighted by Gasteiger charge is 2.16. The van der Waals surface area contributed by atoms with Crippen molar-refractivity contribution in [2.75, 3.05) is 5.32 Å². The van der Waals surface area contributed by atoms with Crippen molar-refractivity contribution in [3.05, 3.63) is 91.4 Å². The second-order valence-corrected chi connectivity index (χ2v) is 9.79. The Morgan fingerprint density at radius 2 is 1.74 bits per heavy atom. The van der Waals surface area contributed by atoms with E-state index in [1.807, 2.05) is 30.6 Å². The van der Waals surface area contributed by atoms with E-state index in [4.69, 9.17) is 0 Å². The monoisotopic (exact) mass is 503 g/mol. The van der Waals surface area contributed by atoms with Crippen LogP contribution in [0.4, 0.5) is 10.1 Å². The molecule has 0 bridgehead atoms. The number of rotatable bonds is 7. The van der Waals surface area contributed by atoms with Crippen LogP contribution in [0.5, 0.6) is 0 Å². The molecule has 5 aromatic heterocycles. The third kappa shape index (κ3) is 4.52. The van der Waals surface area contributed by atoms with Crippen LogP contribution >= 0.6 is 0 Å². The number of aromatic nitrogens is 6. The molecule has 0 aliphatic rings. The molecule has 0 radical (unpaired) electrons. The van der Waals surface area contributed by atoms with Crippen LogP contribution < -0.4 is 5.32 Å². The van der Waals surface area contributed by atoms with Crippen LogP contribution in [0.1, 0.15) is 20.3 Å². The second kappa shape index (κ2) is 9.55. The number of aromatic amines is 2. The van der Waals surface area contributed by atoms with E-state index in [0.717, 1.165) is 67.9 Å². The maximum Gasteiger partial charge on any atom is 0.155 e. The van der Waals surface area contributed by atoms with Crippen LogP contribution in [-0.4, -0.2) is 30.1 Å². The smallest absolute Gasteiger partial charge is 0.155 e. The number of fused-ring (bicyclic) bond motifs is 2. The highest BCUT2D eigenvalue weighted by Crippen LogP contribution is 2.34. The van der Waals surface area contributed by atoms with Gasteiger partial charge in [-0.3, -0.25) is 15.1 Å². The maximum atomic E-state index is 13.5. The van der Waals surface area contributed by atoms with E-state index < -0.39 is 0 Å². The number of hydrogen-bond donors (Lipinski definition) is 3. The van der Waals surface area contributed by atoms with Crippen LogP contribution in [0.3, 0.4) is 0 Å². The normalized spacial score (nSPS) is 11.5. The van der Waals surface area contributed by atoms with Gasteiger partial charge in [0, 0.05) is 57.3 Å². The van der Waals surface area contributed by atoms with Gasteiger partial charge >= 0.3 is 0 Å². The Morgan fingerprint density at radius 1 is 0.921 bits per heavy atom. The topological polar surface area (TPSA) is 95.2 Å². The summed E-state index contributed by atoms with van der Waals surface area (Å²) < 4.78 is 13.5. The Balaban J connectivity index is 1.38. The molecular formula is C30H26FN7. The lowest BCUT2D eigenvalue weighted by molar-refractivity contribution is 0.628. The number of allylic oxidation sites excluding steroid dienone is 1. The highest BCUT2D eigenvalue weighted by molar-refractivity contribution is 6.00. The fourth-order valence-corrected chi connectivity index (χ4v) is 4.70. The van der Waals surface area contributed by atoms with Crippen molar-refractivity contribution >= 4 is 27.6 Å². The van der Waals surface area contributed by atoms with Crippen molar-refractivity contribution in [2.45, 2.75) is 20.3 Å². The molecule has 0 amide bonds. The minimum atomic E-state index is -0.279. The van der Waals surface area contributed by atoms with E-state index in [1.165, 1.54) is 12.1 Å². The van der Waals surface area contributed by atoms with Crippen LogP contribution in [0.2, 0.25) is 0 Å². The van der Waals surface area contributed by atoms with Crippen molar-refractivity contribution in [3.8, 4) is 33.8 Å². The average Bonchev–Trinajstić information content (AvgIpc) is 3.52. The predicted molar refractivity (Wildman–Crippen MR) is 150 cm³/mol. The second-order valence-electron chi connectivity index (χ2n) is 9.79. The van der Waals surface area contributed by atoms with Gasteiger partial charge in [-0.15, -0.1) is 0 Å². The van der Waals surface area contributed by atoms with Crippen molar-refractivity contribution in [2.24, 2.45) is 5.92 Å². The van der Waals surface area contributed by atoms with Crippen molar-refractivity contribution in [1.82, 2.24) is 30.1 Å². The molecule has 3 N–H and O–H groups in total. The number of benzene rings is 1. The summed E-state index contributed by atoms with van der Waals surface area (Å²) in [7, 11) is 0. The molecule has 38 heavy (non-hydrogen) atoms. The molecule has 0 aliphatic carbocycles. The molecule has 0 spiro atoms. The van der Waals surface area contributed by atoms with Gasteiger partial charge in [-0.1, -0.05) is 20.4 Å². The minimum absolute atomic E-state index is 0.279. The summed E-state index contributed by atoms with van der Waals surface area (Å²) in [5, 5.41) is 12.8. The summed E-state index contributed by atoms with van der Waals surface area (Å²) in [5.41, 5.74) is 8.52. The number of halogens is 1. The molecule has 6 aromatic rings. The van der Waals surface area contributed by atoms with Crippen molar-refractivity contribution in [1.29, 1.82) is 0 Å². The third-order valence-corrected chi connectivity index (χ3v) is 6.38. The fraction of sp³-hybridized carbons (Fsp3) is 0.133. The standard InChI is InChI=1S/C30H26FN7/c1-17(2)10-18(3)35-23-11-20(14-32-16-23)21-12-25-29(37-38-30(25)34-15-21)27-13-24-26(36-27)8-9-33-28(24)19-4-6-22(31)7-5-19/h4-9,11-17,35-36H,3,10H2,1-2H3,(H,34,37,38). The zero-order valence-corrected chi connectivity index (χ0v) is 21.1. The van der Waals surface area contributed by atoms with Crippen molar-refractivity contribution in [3.63, 3.8) is 0 Å². The number of hydrogen-bond acceptors (Lipinski definition) is 5. The lowest BCUT2D eigenvalue weighted by atomic mass is 10.1. The first kappa shape index (κ1) is 23.5. The lowest BCUT2D eigenvalue weighted by Gasteiger charge is -2.12. The number of H-pyrrole nitrogens is 2. The largest absolute Gasteiger partial charge is 0.358 e. The molecule has 8 heteroatoms. The number of anilines is 1. The summed E-state index contributed by atoms with van der Waals surface area (Å²) >= 11 is 0. The molecule has 6 rings (SSSR count). The molecule has 7 nitrogen and oxygen atoms in total. The Bertz CT molecular complexity index is 1780. The Labute approximate surface area is 218 Å². The first-order valence-corrected chi connectivity index (χ1v) is 12.4. The molecule has 188 valence electrons. The quantitative estimate of drug-likeness (QED) is 0.212. The maximum absolute atomic E-state index is 13.5. The summed E-state index contributed by atoms with van der Waals surface area (Å²) in [4.78, 5) is 17.1. The van der Waals surface area contributed by atoms with Crippen LogP contribution in [0.15, 0.2) is 85.6 Å². The van der Waals surface area contributed by atoms with Gasteiger partial charge in [-0.05, 0) is 60.9 Å². The van der Waals surface area contributed by atoms with E-state index in [1.54, 1.807) is 24.5 Å². The highest BCUT2D eigenvalue weighted by atomic mass is 19.1. The first-order chi connectivity index (χ1) is 18.4. The SMILES string of the molecule is C=C(CC(C)C)Nc1cncc(-c2cnc3[nH]nc(-c4cc5c(-c6ccc(F)cc6)nccc5[nH]4)c3c2)c1. The molecule has 0 unspecified atom stereocenters. The van der Waals surface area contributed by atoms with Gasteiger partial charge in [0.25, 0.3) is 0 Å². The van der Waals surface area contributed by atoms with Gasteiger partial charge in [0.05, 0.1) is 23.3 Å². The van der Waals surface area contributed by atoms with Gasteiger partial charge in [-0.2, -0.15) is 5.10 Å². The Morgan fingerprint density at radius 3 is 2.55 bits per heavy atom. The van der Waals surface area contributed by atoms with Gasteiger partial charge in [0.2, 0.25) is 0 Å². The molecule has 0 fully saturated rings. The van der Waals surface area contributed by atoms with E-state index in [9.17, 15) is 4.39 Å². The summed E-state index contributed by atoms with van der Waals surface area (Å²) in [6.07, 6.45) is 8.06. The fourth-order valence-electron chi connectivity index (χ4n) is 4.70.